The summed E-state index contributed by atoms with van der Waals surface area (Å²) >= 11 is 0. The molecule has 17 aromatic rings. The Bertz CT molecular complexity index is 6350. The minimum absolute atomic E-state index is 0.288. The van der Waals surface area contributed by atoms with E-state index in [0.717, 1.165) is 105 Å². The van der Waals surface area contributed by atoms with Crippen molar-refractivity contribution in [2.24, 2.45) is 0 Å². The minimum Gasteiger partial charge on any atom is -0.456 e. The maximum atomic E-state index is 7.15. The van der Waals surface area contributed by atoms with Crippen molar-refractivity contribution in [3.63, 3.8) is 0 Å². The molecule has 0 saturated heterocycles. The van der Waals surface area contributed by atoms with E-state index in [0.29, 0.717) is 0 Å². The Kier molecular flexibility index (Phi) is 10.1. The van der Waals surface area contributed by atoms with Crippen LogP contribution in [-0.2, 0) is 27.1 Å². The third kappa shape index (κ3) is 6.46. The highest BCUT2D eigenvalue weighted by Gasteiger charge is 2.51. The molecule has 468 valence electrons. The SMILES string of the molecule is CC1(C)c2cc(N(c3ccc4c(c3)C(C)(C)c3c5c(c6oc7ccccc7c6c3-4)-c3ccccc3C5(C)C)c3ccc4c(c3)C(C)(C)c3c5c(c6oc7ccccc7c6c3-4)-c3ccccc3C5(C)C)ccc2-c2c1cc(-c1cccc3oc4ccccc4c13)c1oc3ccccc3c21. The molecule has 5 heteroatoms. The summed E-state index contributed by atoms with van der Waals surface area (Å²) < 4.78 is 28.0. The van der Waals surface area contributed by atoms with E-state index in [-0.39, 0.29) is 10.8 Å². The molecule has 22 rings (SSSR count). The van der Waals surface area contributed by atoms with Crippen LogP contribution in [0.2, 0.25) is 0 Å². The zero-order valence-corrected chi connectivity index (χ0v) is 56.4. The van der Waals surface area contributed by atoms with Crippen molar-refractivity contribution in [3.8, 4) is 66.8 Å². The van der Waals surface area contributed by atoms with E-state index in [1.165, 1.54) is 122 Å². The van der Waals surface area contributed by atoms with Gasteiger partial charge in [0.05, 0.1) is 0 Å². The highest BCUT2D eigenvalue weighted by Crippen LogP contribution is 2.67. The average Bonchev–Trinajstić information content (AvgIpc) is 1.51. The molecule has 13 aromatic carbocycles. The Morgan fingerprint density at radius 3 is 1.04 bits per heavy atom. The van der Waals surface area contributed by atoms with Crippen molar-refractivity contribution in [3.05, 3.63) is 280 Å². The Morgan fingerprint density at radius 1 is 0.224 bits per heavy atom. The number of furan rings is 4. The van der Waals surface area contributed by atoms with Crippen LogP contribution in [0, 0.1) is 0 Å². The minimum atomic E-state index is -0.448. The molecule has 4 heterocycles. The molecular weight excluding hydrogens is 1200 g/mol. The maximum absolute atomic E-state index is 7.15. The molecule has 5 aliphatic carbocycles. The Balaban J connectivity index is 0.791. The van der Waals surface area contributed by atoms with Crippen molar-refractivity contribution >= 4 is 105 Å². The van der Waals surface area contributed by atoms with Gasteiger partial charge in [-0.25, -0.2) is 0 Å². The first kappa shape index (κ1) is 55.0. The number of fused-ring (bicyclic) bond motifs is 34. The highest BCUT2D eigenvalue weighted by molar-refractivity contribution is 6.25. The molecule has 5 aliphatic rings. The fourth-order valence-electron chi connectivity index (χ4n) is 20.2. The molecule has 0 atom stereocenters. The van der Waals surface area contributed by atoms with Gasteiger partial charge in [0.1, 0.15) is 44.7 Å². The second-order valence-electron chi connectivity index (χ2n) is 31.3. The van der Waals surface area contributed by atoms with Crippen LogP contribution >= 0.6 is 0 Å². The smallest absolute Gasteiger partial charge is 0.144 e. The molecule has 0 fully saturated rings. The lowest BCUT2D eigenvalue weighted by molar-refractivity contribution is 0.600. The van der Waals surface area contributed by atoms with Gasteiger partial charge in [0.2, 0.25) is 0 Å². The normalized spacial score (nSPS) is 16.3. The molecule has 0 spiro atoms. The summed E-state index contributed by atoms with van der Waals surface area (Å²) in [6.45, 7) is 24.5. The van der Waals surface area contributed by atoms with Gasteiger partial charge in [0, 0.05) is 104 Å². The lowest BCUT2D eigenvalue weighted by Crippen LogP contribution is -2.24. The molecule has 0 unspecified atom stereocenters. The van der Waals surface area contributed by atoms with Crippen molar-refractivity contribution in [2.45, 2.75) is 96.3 Å². The van der Waals surface area contributed by atoms with Crippen LogP contribution in [0.1, 0.15) is 125 Å². The third-order valence-electron chi connectivity index (χ3n) is 24.5. The predicted molar refractivity (Wildman–Crippen MR) is 403 cm³/mol. The van der Waals surface area contributed by atoms with Gasteiger partial charge in [0.15, 0.2) is 0 Å². The van der Waals surface area contributed by atoms with E-state index in [1.54, 1.807) is 0 Å². The van der Waals surface area contributed by atoms with Crippen molar-refractivity contribution in [2.75, 3.05) is 4.90 Å². The third-order valence-corrected chi connectivity index (χ3v) is 24.5. The largest absolute Gasteiger partial charge is 0.456 e. The van der Waals surface area contributed by atoms with Crippen LogP contribution in [-0.4, -0.2) is 0 Å². The van der Waals surface area contributed by atoms with Crippen LogP contribution in [0.5, 0.6) is 0 Å². The second-order valence-corrected chi connectivity index (χ2v) is 31.3. The lowest BCUT2D eigenvalue weighted by atomic mass is 9.72. The van der Waals surface area contributed by atoms with Crippen LogP contribution < -0.4 is 4.90 Å². The summed E-state index contributed by atoms with van der Waals surface area (Å²) in [7, 11) is 0. The van der Waals surface area contributed by atoms with E-state index < -0.39 is 16.2 Å². The van der Waals surface area contributed by atoms with E-state index >= 15 is 0 Å². The number of hydrogen-bond acceptors (Lipinski definition) is 5. The Hall–Kier alpha value is -11.1. The molecule has 98 heavy (non-hydrogen) atoms. The average molecular weight is 1260 g/mol. The summed E-state index contributed by atoms with van der Waals surface area (Å²) in [5.74, 6) is 0. The van der Waals surface area contributed by atoms with Crippen LogP contribution in [0.25, 0.3) is 155 Å². The number of anilines is 3. The van der Waals surface area contributed by atoms with Crippen molar-refractivity contribution < 1.29 is 17.7 Å². The van der Waals surface area contributed by atoms with Gasteiger partial charge in [-0.05, 0) is 179 Å². The van der Waals surface area contributed by atoms with E-state index in [1.807, 2.05) is 0 Å². The van der Waals surface area contributed by atoms with E-state index in [9.17, 15) is 0 Å². The lowest BCUT2D eigenvalue weighted by Gasteiger charge is -2.33. The highest BCUT2D eigenvalue weighted by atomic mass is 16.3. The predicted octanol–water partition coefficient (Wildman–Crippen LogP) is 26.0. The quantitative estimate of drug-likeness (QED) is 0.176. The summed E-state index contributed by atoms with van der Waals surface area (Å²) in [5.41, 5.74) is 36.8. The van der Waals surface area contributed by atoms with Gasteiger partial charge in [-0.2, -0.15) is 0 Å². The zero-order valence-electron chi connectivity index (χ0n) is 56.4. The molecule has 0 saturated carbocycles. The van der Waals surface area contributed by atoms with Gasteiger partial charge < -0.3 is 22.6 Å². The Morgan fingerprint density at radius 2 is 0.561 bits per heavy atom. The topological polar surface area (TPSA) is 55.8 Å². The van der Waals surface area contributed by atoms with Crippen LogP contribution in [0.15, 0.2) is 242 Å². The molecule has 0 aliphatic heterocycles. The Labute approximate surface area is 567 Å². The number of para-hydroxylation sites is 4. The second kappa shape index (κ2) is 17.9. The summed E-state index contributed by atoms with van der Waals surface area (Å²) in [6, 6.07) is 83.5. The van der Waals surface area contributed by atoms with Crippen LogP contribution in [0.4, 0.5) is 17.1 Å². The first-order chi connectivity index (χ1) is 47.4. The first-order valence-corrected chi connectivity index (χ1v) is 34.8. The number of nitrogens with zero attached hydrogens (tertiary/aromatic N) is 1. The number of benzene rings is 13. The fraction of sp³-hybridized carbons (Fsp3) is 0.161. The van der Waals surface area contributed by atoms with Gasteiger partial charge in [-0.15, -0.1) is 0 Å². The summed E-state index contributed by atoms with van der Waals surface area (Å²) in [4.78, 5) is 2.58. The van der Waals surface area contributed by atoms with Gasteiger partial charge >= 0.3 is 0 Å². The molecule has 4 aromatic heterocycles. The molecule has 5 nitrogen and oxygen atoms in total. The maximum Gasteiger partial charge on any atom is 0.144 e. The molecule has 0 radical (unpaired) electrons. The van der Waals surface area contributed by atoms with Gasteiger partial charge in [0.25, 0.3) is 0 Å². The summed E-state index contributed by atoms with van der Waals surface area (Å²) in [5, 5.41) is 9.15. The summed E-state index contributed by atoms with van der Waals surface area (Å²) in [6.07, 6.45) is 0. The molecular formula is C93H67NO4. The zero-order chi connectivity index (χ0) is 65.7. The molecule has 0 bridgehead atoms. The fourth-order valence-corrected chi connectivity index (χ4v) is 20.2. The molecule has 0 N–H and O–H groups in total. The van der Waals surface area contributed by atoms with Crippen molar-refractivity contribution in [1.82, 2.24) is 0 Å². The monoisotopic (exact) mass is 1260 g/mol. The van der Waals surface area contributed by atoms with Gasteiger partial charge in [-0.1, -0.05) is 221 Å². The number of rotatable bonds is 4. The van der Waals surface area contributed by atoms with E-state index in [2.05, 4.69) is 299 Å². The standard InChI is InChI=1S/C93H67NO4/c1-89(2)64-44-48(38-41-54(64)74-67(89)47-61(86-77(74)58-27-14-20-34-69(58)96-86)51-30-23-37-72-73(51)57-26-13-19-33-68(57)95-72)94(49-39-42-55-65(45-49)92(7,8)82-75(55)78-59-28-15-21-35-70(59)97-87(78)80-52-24-11-17-31-62(52)90(3,4)84(80)82)50-40-43-56-66(46-50)93(9,10)83-76(56)79-60-29-16-22-36-71(60)98-88(79)81-53-25-12-18-32-63(53)91(5,6)85(81)83/h11-47H,1-10H3. The van der Waals surface area contributed by atoms with Gasteiger partial charge in [-0.3, -0.25) is 0 Å². The first-order valence-electron chi connectivity index (χ1n) is 34.8. The number of hydrogen-bond donors (Lipinski definition) is 0. The molecule has 0 amide bonds. The van der Waals surface area contributed by atoms with E-state index in [4.69, 9.17) is 17.7 Å². The van der Waals surface area contributed by atoms with Crippen LogP contribution in [0.3, 0.4) is 0 Å². The van der Waals surface area contributed by atoms with Crippen molar-refractivity contribution in [1.29, 1.82) is 0 Å².